The average molecular weight is 623 g/mol. The number of methoxy groups -OCH3 is 1. The summed E-state index contributed by atoms with van der Waals surface area (Å²) in [7, 11) is 1.52. The zero-order chi connectivity index (χ0) is 26.5. The molecule has 0 bridgehead atoms. The monoisotopic (exact) mass is 621 g/mol. The van der Waals surface area contributed by atoms with E-state index in [4.69, 9.17) is 37.4 Å². The third kappa shape index (κ3) is 6.82. The number of carbonyl (C=O) groups is 2. The summed E-state index contributed by atoms with van der Waals surface area (Å²) >= 11 is 16.6. The summed E-state index contributed by atoms with van der Waals surface area (Å²) in [5.41, 5.74) is 2.50. The van der Waals surface area contributed by atoms with Gasteiger partial charge in [-0.3, -0.25) is 14.5 Å². The molecule has 1 fully saturated rings. The van der Waals surface area contributed by atoms with Crippen molar-refractivity contribution in [3.63, 3.8) is 0 Å². The van der Waals surface area contributed by atoms with Crippen molar-refractivity contribution in [3.8, 4) is 17.2 Å². The van der Waals surface area contributed by atoms with Crippen LogP contribution in [-0.2, 0) is 11.4 Å². The molecule has 4 rings (SSSR count). The predicted molar refractivity (Wildman–Crippen MR) is 151 cm³/mol. The molecule has 0 unspecified atom stereocenters. The van der Waals surface area contributed by atoms with Crippen molar-refractivity contribution < 1.29 is 23.8 Å². The van der Waals surface area contributed by atoms with Crippen molar-refractivity contribution in [2.24, 2.45) is 0 Å². The van der Waals surface area contributed by atoms with Gasteiger partial charge in [0.05, 0.1) is 23.0 Å². The number of hydrogen-bond donors (Lipinski definition) is 0. The van der Waals surface area contributed by atoms with Crippen LogP contribution >= 0.6 is 50.9 Å². The van der Waals surface area contributed by atoms with E-state index in [0.29, 0.717) is 42.2 Å². The first-order valence-electron chi connectivity index (χ1n) is 11.1. The number of hydrogen-bond acceptors (Lipinski definition) is 6. The Morgan fingerprint density at radius 2 is 1.86 bits per heavy atom. The SMILES string of the molecule is COc1cc(/C=C2\SC(=O)N(CCOc3cccc(C)c3)C2=O)cc(Br)c1OCc1ccc(Cl)cc1Cl. The van der Waals surface area contributed by atoms with Crippen LogP contribution in [0, 0.1) is 6.92 Å². The fourth-order valence-electron chi connectivity index (χ4n) is 3.56. The Hall–Kier alpha value is -2.65. The third-order valence-corrected chi connectivity index (χ3v) is 7.47. The number of amides is 2. The number of thioether (sulfide) groups is 1. The Labute approximate surface area is 237 Å². The van der Waals surface area contributed by atoms with Crippen molar-refractivity contribution >= 4 is 68.1 Å². The van der Waals surface area contributed by atoms with Crippen LogP contribution in [0.2, 0.25) is 10.0 Å². The summed E-state index contributed by atoms with van der Waals surface area (Å²) in [6.45, 7) is 2.53. The number of imide groups is 1. The average Bonchev–Trinajstić information content (AvgIpc) is 3.11. The van der Waals surface area contributed by atoms with Gasteiger partial charge in [-0.05, 0) is 88.2 Å². The molecular weight excluding hydrogens is 601 g/mol. The van der Waals surface area contributed by atoms with Crippen LogP contribution in [0.5, 0.6) is 17.2 Å². The minimum Gasteiger partial charge on any atom is -0.493 e. The molecule has 3 aromatic carbocycles. The van der Waals surface area contributed by atoms with E-state index in [1.54, 1.807) is 36.4 Å². The Morgan fingerprint density at radius 1 is 1.05 bits per heavy atom. The van der Waals surface area contributed by atoms with Crippen LogP contribution in [0.3, 0.4) is 0 Å². The number of carbonyl (C=O) groups excluding carboxylic acids is 2. The molecular formula is C27H22BrCl2NO5S. The second kappa shape index (κ2) is 12.3. The molecule has 0 saturated carbocycles. The summed E-state index contributed by atoms with van der Waals surface area (Å²) in [5.74, 6) is 1.26. The zero-order valence-electron chi connectivity index (χ0n) is 19.9. The van der Waals surface area contributed by atoms with Crippen LogP contribution < -0.4 is 14.2 Å². The molecule has 1 saturated heterocycles. The second-order valence-corrected chi connectivity index (χ2v) is 10.7. The maximum Gasteiger partial charge on any atom is 0.293 e. The Balaban J connectivity index is 1.45. The normalized spacial score (nSPS) is 14.4. The molecule has 2 amide bonds. The molecule has 6 nitrogen and oxygen atoms in total. The largest absolute Gasteiger partial charge is 0.493 e. The quantitative estimate of drug-likeness (QED) is 0.227. The lowest BCUT2D eigenvalue weighted by molar-refractivity contribution is -0.123. The summed E-state index contributed by atoms with van der Waals surface area (Å²) in [5, 5.41) is 0.703. The number of rotatable bonds is 9. The van der Waals surface area contributed by atoms with Gasteiger partial charge in [0.25, 0.3) is 11.1 Å². The van der Waals surface area contributed by atoms with Crippen LogP contribution in [0.15, 0.2) is 64.0 Å². The Bertz CT molecular complexity index is 1380. The second-order valence-electron chi connectivity index (χ2n) is 8.06. The number of halogens is 3. The highest BCUT2D eigenvalue weighted by atomic mass is 79.9. The van der Waals surface area contributed by atoms with E-state index in [9.17, 15) is 9.59 Å². The van der Waals surface area contributed by atoms with Gasteiger partial charge in [-0.15, -0.1) is 0 Å². The lowest BCUT2D eigenvalue weighted by atomic mass is 10.1. The van der Waals surface area contributed by atoms with Gasteiger partial charge in [0, 0.05) is 15.6 Å². The molecule has 0 aliphatic carbocycles. The molecule has 0 radical (unpaired) electrons. The van der Waals surface area contributed by atoms with Gasteiger partial charge < -0.3 is 14.2 Å². The summed E-state index contributed by atoms with van der Waals surface area (Å²) < 4.78 is 17.8. The van der Waals surface area contributed by atoms with Gasteiger partial charge in [-0.1, -0.05) is 41.4 Å². The predicted octanol–water partition coefficient (Wildman–Crippen LogP) is 7.77. The highest BCUT2D eigenvalue weighted by Gasteiger charge is 2.35. The molecule has 0 N–H and O–H groups in total. The van der Waals surface area contributed by atoms with Crippen LogP contribution in [0.1, 0.15) is 16.7 Å². The van der Waals surface area contributed by atoms with Gasteiger partial charge in [0.15, 0.2) is 11.5 Å². The first-order chi connectivity index (χ1) is 17.7. The number of nitrogens with zero attached hydrogens (tertiary/aromatic N) is 1. The van der Waals surface area contributed by atoms with Gasteiger partial charge in [0.1, 0.15) is 19.0 Å². The zero-order valence-corrected chi connectivity index (χ0v) is 23.8. The number of ether oxygens (including phenoxy) is 3. The van der Waals surface area contributed by atoms with Gasteiger partial charge in [-0.25, -0.2) is 0 Å². The van der Waals surface area contributed by atoms with Crippen LogP contribution in [0.25, 0.3) is 6.08 Å². The summed E-state index contributed by atoms with van der Waals surface area (Å²) in [6.07, 6.45) is 1.65. The standard InChI is InChI=1S/C27H22BrCl2NO5S/c1-16-4-3-5-20(10-16)35-9-8-31-26(32)24(37-27(31)33)13-17-11-21(28)25(23(12-17)34-2)36-15-18-6-7-19(29)14-22(18)30/h3-7,10-14H,8-9,15H2,1-2H3/b24-13-. The van der Waals surface area contributed by atoms with Crippen molar-refractivity contribution in [2.75, 3.05) is 20.3 Å². The van der Waals surface area contributed by atoms with Gasteiger partial charge >= 0.3 is 0 Å². The number of benzene rings is 3. The fourth-order valence-corrected chi connectivity index (χ4v) is 5.46. The first kappa shape index (κ1) is 27.4. The van der Waals surface area contributed by atoms with E-state index in [1.807, 2.05) is 31.2 Å². The van der Waals surface area contributed by atoms with Gasteiger partial charge in [-0.2, -0.15) is 0 Å². The highest BCUT2D eigenvalue weighted by molar-refractivity contribution is 9.10. The molecule has 1 aliphatic rings. The van der Waals surface area contributed by atoms with Crippen molar-refractivity contribution in [1.29, 1.82) is 0 Å². The maximum atomic E-state index is 12.9. The Morgan fingerprint density at radius 3 is 2.59 bits per heavy atom. The Kier molecular flexibility index (Phi) is 9.08. The maximum absolute atomic E-state index is 12.9. The van der Waals surface area contributed by atoms with Crippen LogP contribution in [-0.4, -0.2) is 36.3 Å². The van der Waals surface area contributed by atoms with E-state index in [2.05, 4.69) is 15.9 Å². The molecule has 37 heavy (non-hydrogen) atoms. The molecule has 0 atom stereocenters. The third-order valence-electron chi connectivity index (χ3n) is 5.38. The molecule has 192 valence electrons. The minimum absolute atomic E-state index is 0.156. The van der Waals surface area contributed by atoms with E-state index in [1.165, 1.54) is 12.0 Å². The fraction of sp³-hybridized carbons (Fsp3) is 0.185. The van der Waals surface area contributed by atoms with Crippen molar-refractivity contribution in [3.05, 3.63) is 90.7 Å². The minimum atomic E-state index is -0.365. The summed E-state index contributed by atoms with van der Waals surface area (Å²) in [4.78, 5) is 26.9. The highest BCUT2D eigenvalue weighted by Crippen LogP contribution is 2.40. The molecule has 0 aromatic heterocycles. The van der Waals surface area contributed by atoms with E-state index in [0.717, 1.165) is 22.9 Å². The number of aryl methyl sites for hydroxylation is 1. The summed E-state index contributed by atoms with van der Waals surface area (Å²) in [6, 6.07) is 16.3. The molecule has 10 heteroatoms. The lowest BCUT2D eigenvalue weighted by Crippen LogP contribution is -2.32. The topological polar surface area (TPSA) is 65.1 Å². The first-order valence-corrected chi connectivity index (χ1v) is 13.5. The molecule has 1 aliphatic heterocycles. The van der Waals surface area contributed by atoms with Gasteiger partial charge in [0.2, 0.25) is 0 Å². The molecule has 0 spiro atoms. The molecule has 3 aromatic rings. The van der Waals surface area contributed by atoms with E-state index < -0.39 is 0 Å². The lowest BCUT2D eigenvalue weighted by Gasteiger charge is -2.15. The van der Waals surface area contributed by atoms with Crippen LogP contribution in [0.4, 0.5) is 4.79 Å². The van der Waals surface area contributed by atoms with E-state index in [-0.39, 0.29) is 30.9 Å². The molecule has 1 heterocycles. The van der Waals surface area contributed by atoms with E-state index >= 15 is 0 Å². The van der Waals surface area contributed by atoms with Crippen molar-refractivity contribution in [2.45, 2.75) is 13.5 Å². The smallest absolute Gasteiger partial charge is 0.293 e. The van der Waals surface area contributed by atoms with Crippen molar-refractivity contribution in [1.82, 2.24) is 4.90 Å².